The summed E-state index contributed by atoms with van der Waals surface area (Å²) in [6, 6.07) is 9.17. The first kappa shape index (κ1) is 18.7. The number of hydrogen-bond donors (Lipinski definition) is 5. The monoisotopic (exact) mass is 345 g/mol. The van der Waals surface area contributed by atoms with Crippen molar-refractivity contribution < 1.29 is 25.2 Å². The number of anilines is 1. The first-order valence-electron chi connectivity index (χ1n) is 7.43. The number of carbonyl (C=O) groups excluding carboxylic acids is 1. The molecule has 0 aliphatic heterocycles. The number of azo groups is 1. The predicted molar refractivity (Wildman–Crippen MR) is 90.5 cm³/mol. The van der Waals surface area contributed by atoms with Gasteiger partial charge in [0.05, 0.1) is 11.4 Å². The Balaban J connectivity index is 2.40. The summed E-state index contributed by atoms with van der Waals surface area (Å²) in [5.41, 5.74) is 2.11. The summed E-state index contributed by atoms with van der Waals surface area (Å²) in [6.45, 7) is 3.25. The van der Waals surface area contributed by atoms with Crippen molar-refractivity contribution in [3.63, 3.8) is 0 Å². The molecule has 2 aromatic rings. The molecular formula is C17H19N3O5. The standard InChI is InChI=1S/C17H19N3O5/c1-9-3-4-14(15(5-9)18-10(2)21)20-19-13-7-11(16(22)23)6-12(8-13)17(24)25/h3-8,16-17,22-25H,1-2H3,(H,18,21). The number of rotatable bonds is 5. The van der Waals surface area contributed by atoms with Crippen molar-refractivity contribution >= 4 is 23.0 Å². The molecule has 2 rings (SSSR count). The Bertz CT molecular complexity index is 777. The van der Waals surface area contributed by atoms with Crippen molar-refractivity contribution in [2.75, 3.05) is 5.32 Å². The second-order valence-corrected chi connectivity index (χ2v) is 5.51. The van der Waals surface area contributed by atoms with E-state index in [1.807, 2.05) is 6.92 Å². The summed E-state index contributed by atoms with van der Waals surface area (Å²) >= 11 is 0. The van der Waals surface area contributed by atoms with Crippen LogP contribution in [-0.4, -0.2) is 26.3 Å². The molecule has 0 saturated heterocycles. The normalized spacial score (nSPS) is 11.5. The molecule has 8 nitrogen and oxygen atoms in total. The minimum absolute atomic E-state index is 0.0468. The van der Waals surface area contributed by atoms with E-state index < -0.39 is 12.6 Å². The minimum Gasteiger partial charge on any atom is -0.364 e. The van der Waals surface area contributed by atoms with Gasteiger partial charge < -0.3 is 25.7 Å². The maximum absolute atomic E-state index is 11.3. The molecule has 132 valence electrons. The Morgan fingerprint density at radius 2 is 1.56 bits per heavy atom. The lowest BCUT2D eigenvalue weighted by Crippen LogP contribution is -2.05. The molecule has 0 aliphatic rings. The molecule has 0 unspecified atom stereocenters. The molecule has 25 heavy (non-hydrogen) atoms. The number of nitrogens with zero attached hydrogens (tertiary/aromatic N) is 2. The fraction of sp³-hybridized carbons (Fsp3) is 0.235. The summed E-state index contributed by atoms with van der Waals surface area (Å²) in [4.78, 5) is 11.3. The number of benzene rings is 2. The third-order valence-corrected chi connectivity index (χ3v) is 3.29. The van der Waals surface area contributed by atoms with Gasteiger partial charge in [-0.1, -0.05) is 6.07 Å². The zero-order chi connectivity index (χ0) is 18.6. The van der Waals surface area contributed by atoms with Gasteiger partial charge in [-0.15, -0.1) is 5.11 Å². The van der Waals surface area contributed by atoms with Gasteiger partial charge in [0.25, 0.3) is 0 Å². The Labute approximate surface area is 144 Å². The van der Waals surface area contributed by atoms with Gasteiger partial charge in [-0.25, -0.2) is 0 Å². The van der Waals surface area contributed by atoms with Crippen LogP contribution in [0.4, 0.5) is 17.1 Å². The molecule has 0 heterocycles. The fourth-order valence-electron chi connectivity index (χ4n) is 2.15. The van der Waals surface area contributed by atoms with E-state index in [4.69, 9.17) is 0 Å². The second-order valence-electron chi connectivity index (χ2n) is 5.51. The molecule has 0 aromatic heterocycles. The zero-order valence-electron chi connectivity index (χ0n) is 13.7. The second kappa shape index (κ2) is 7.95. The maximum atomic E-state index is 11.3. The van der Waals surface area contributed by atoms with Crippen LogP contribution in [-0.2, 0) is 4.79 Å². The summed E-state index contributed by atoms with van der Waals surface area (Å²) in [6.07, 6.45) is -3.58. The molecule has 0 spiro atoms. The maximum Gasteiger partial charge on any atom is 0.221 e. The third kappa shape index (κ3) is 5.16. The van der Waals surface area contributed by atoms with Crippen molar-refractivity contribution in [2.24, 2.45) is 10.2 Å². The topological polar surface area (TPSA) is 135 Å². The molecule has 0 radical (unpaired) electrons. The highest BCUT2D eigenvalue weighted by Crippen LogP contribution is 2.30. The third-order valence-electron chi connectivity index (χ3n) is 3.29. The fourth-order valence-corrected chi connectivity index (χ4v) is 2.15. The van der Waals surface area contributed by atoms with Gasteiger partial charge in [-0.05, 0) is 42.8 Å². The van der Waals surface area contributed by atoms with Crippen LogP contribution in [0.15, 0.2) is 46.6 Å². The van der Waals surface area contributed by atoms with Crippen LogP contribution < -0.4 is 5.32 Å². The molecule has 0 saturated carbocycles. The van der Waals surface area contributed by atoms with E-state index in [1.165, 1.54) is 25.1 Å². The Morgan fingerprint density at radius 3 is 2.08 bits per heavy atom. The molecule has 0 aliphatic carbocycles. The van der Waals surface area contributed by atoms with Crippen LogP contribution in [0.25, 0.3) is 0 Å². The molecule has 8 heteroatoms. The van der Waals surface area contributed by atoms with Gasteiger partial charge in [0, 0.05) is 18.1 Å². The van der Waals surface area contributed by atoms with E-state index in [2.05, 4.69) is 15.5 Å². The quantitative estimate of drug-likeness (QED) is 0.419. The Hall–Kier alpha value is -2.65. The number of aliphatic hydroxyl groups excluding tert-OH is 2. The number of amides is 1. The Morgan fingerprint density at radius 1 is 0.960 bits per heavy atom. The van der Waals surface area contributed by atoms with Crippen LogP contribution in [0.2, 0.25) is 0 Å². The average molecular weight is 345 g/mol. The number of aryl methyl sites for hydroxylation is 1. The molecule has 2 aromatic carbocycles. The van der Waals surface area contributed by atoms with E-state index in [1.54, 1.807) is 18.2 Å². The summed E-state index contributed by atoms with van der Waals surface area (Å²) in [7, 11) is 0. The molecule has 0 fully saturated rings. The molecule has 0 bridgehead atoms. The number of nitrogens with one attached hydrogen (secondary N) is 1. The average Bonchev–Trinajstić information content (AvgIpc) is 2.53. The summed E-state index contributed by atoms with van der Waals surface area (Å²) in [5, 5.41) is 47.8. The van der Waals surface area contributed by atoms with Crippen LogP contribution in [0.1, 0.15) is 36.2 Å². The largest absolute Gasteiger partial charge is 0.364 e. The highest BCUT2D eigenvalue weighted by molar-refractivity contribution is 5.92. The van der Waals surface area contributed by atoms with E-state index in [9.17, 15) is 25.2 Å². The first-order valence-corrected chi connectivity index (χ1v) is 7.43. The van der Waals surface area contributed by atoms with Crippen LogP contribution in [0, 0.1) is 6.92 Å². The van der Waals surface area contributed by atoms with Gasteiger partial charge in [-0.2, -0.15) is 5.11 Å². The lowest BCUT2D eigenvalue weighted by Gasteiger charge is -2.10. The molecule has 5 N–H and O–H groups in total. The van der Waals surface area contributed by atoms with Crippen molar-refractivity contribution in [2.45, 2.75) is 26.4 Å². The predicted octanol–water partition coefficient (Wildman–Crippen LogP) is 2.34. The molecular weight excluding hydrogens is 326 g/mol. The lowest BCUT2D eigenvalue weighted by atomic mass is 10.1. The first-order chi connectivity index (χ1) is 11.8. The lowest BCUT2D eigenvalue weighted by molar-refractivity contribution is -0.114. The zero-order valence-corrected chi connectivity index (χ0v) is 13.7. The smallest absolute Gasteiger partial charge is 0.221 e. The van der Waals surface area contributed by atoms with E-state index >= 15 is 0 Å². The van der Waals surface area contributed by atoms with E-state index in [0.29, 0.717) is 11.4 Å². The number of carbonyl (C=O) groups is 1. The highest BCUT2D eigenvalue weighted by atomic mass is 16.5. The van der Waals surface area contributed by atoms with Crippen LogP contribution in [0.3, 0.4) is 0 Å². The van der Waals surface area contributed by atoms with Crippen LogP contribution in [0.5, 0.6) is 0 Å². The minimum atomic E-state index is -1.79. The molecule has 0 atom stereocenters. The summed E-state index contributed by atoms with van der Waals surface area (Å²) in [5.74, 6) is -0.252. The van der Waals surface area contributed by atoms with Gasteiger partial charge in [0.2, 0.25) is 5.91 Å². The summed E-state index contributed by atoms with van der Waals surface area (Å²) < 4.78 is 0. The number of hydrogen-bond acceptors (Lipinski definition) is 7. The van der Waals surface area contributed by atoms with Crippen molar-refractivity contribution in [3.8, 4) is 0 Å². The van der Waals surface area contributed by atoms with Gasteiger partial charge in [0.1, 0.15) is 5.69 Å². The molecule has 1 amide bonds. The van der Waals surface area contributed by atoms with Crippen molar-refractivity contribution in [3.05, 3.63) is 53.1 Å². The van der Waals surface area contributed by atoms with Gasteiger partial charge in [0.15, 0.2) is 12.6 Å². The van der Waals surface area contributed by atoms with E-state index in [-0.39, 0.29) is 22.7 Å². The van der Waals surface area contributed by atoms with Gasteiger partial charge in [-0.3, -0.25) is 4.79 Å². The van der Waals surface area contributed by atoms with Crippen molar-refractivity contribution in [1.29, 1.82) is 0 Å². The van der Waals surface area contributed by atoms with Gasteiger partial charge >= 0.3 is 0 Å². The SMILES string of the molecule is CC(=O)Nc1cc(C)ccc1N=Nc1cc(C(O)O)cc(C(O)O)c1. The van der Waals surface area contributed by atoms with Crippen molar-refractivity contribution in [1.82, 2.24) is 0 Å². The number of aliphatic hydroxyl groups is 4. The van der Waals surface area contributed by atoms with Crippen LogP contribution >= 0.6 is 0 Å². The highest BCUT2D eigenvalue weighted by Gasteiger charge is 2.11. The Kier molecular flexibility index (Phi) is 5.94. The van der Waals surface area contributed by atoms with E-state index in [0.717, 1.165) is 5.56 Å².